The molecular formula is C54H40N4. The molecule has 4 heteroatoms. The molecule has 0 atom stereocenters. The Bertz CT molecular complexity index is 2650. The Morgan fingerprint density at radius 2 is 0.431 bits per heavy atom. The third-order valence-corrected chi connectivity index (χ3v) is 10.7. The maximum absolute atomic E-state index is 2.37. The Labute approximate surface area is 339 Å². The van der Waals surface area contributed by atoms with Crippen molar-refractivity contribution in [1.29, 1.82) is 0 Å². The second kappa shape index (κ2) is 15.4. The van der Waals surface area contributed by atoms with Crippen LogP contribution in [0.3, 0.4) is 0 Å². The lowest BCUT2D eigenvalue weighted by atomic mass is 10.1. The highest BCUT2D eigenvalue weighted by molar-refractivity contribution is 6.09. The van der Waals surface area contributed by atoms with Crippen molar-refractivity contribution < 1.29 is 0 Å². The fourth-order valence-corrected chi connectivity index (χ4v) is 8.10. The van der Waals surface area contributed by atoms with Crippen LogP contribution >= 0.6 is 0 Å². The molecule has 0 saturated carbocycles. The second-order valence-corrected chi connectivity index (χ2v) is 14.3. The molecule has 0 N–H and O–H groups in total. The molecule has 10 rings (SSSR count). The Morgan fingerprint density at radius 3 is 0.724 bits per heavy atom. The molecule has 0 aliphatic heterocycles. The zero-order valence-corrected chi connectivity index (χ0v) is 31.9. The standard InChI is InChI=1S/C54H40N4/c1-5-17-41(18-6-1)55(42-19-7-2-8-20-42)45-29-33-47(34-30-45)57(48-35-31-46(32-36-48)56(43-21-9-3-10-22-43)44-23-11-4-12-24-44)49-37-39-50(40-38-49)58-53-27-15-13-25-51(53)52-26-14-16-28-54(52)58/h1-40H. The molecule has 276 valence electrons. The van der Waals surface area contributed by atoms with Gasteiger partial charge in [0.15, 0.2) is 0 Å². The minimum Gasteiger partial charge on any atom is -0.311 e. The summed E-state index contributed by atoms with van der Waals surface area (Å²) in [7, 11) is 0. The highest BCUT2D eigenvalue weighted by Gasteiger charge is 2.19. The number of benzene rings is 9. The lowest BCUT2D eigenvalue weighted by molar-refractivity contribution is 1.17. The lowest BCUT2D eigenvalue weighted by Gasteiger charge is -2.29. The summed E-state index contributed by atoms with van der Waals surface area (Å²) in [6.45, 7) is 0. The highest BCUT2D eigenvalue weighted by Crippen LogP contribution is 2.42. The normalized spacial score (nSPS) is 11.1. The molecular weight excluding hydrogens is 705 g/mol. The van der Waals surface area contributed by atoms with Gasteiger partial charge >= 0.3 is 0 Å². The average molecular weight is 745 g/mol. The van der Waals surface area contributed by atoms with Gasteiger partial charge in [-0.2, -0.15) is 0 Å². The predicted octanol–water partition coefficient (Wildman–Crippen LogP) is 15.2. The average Bonchev–Trinajstić information content (AvgIpc) is 3.64. The number of fused-ring (bicyclic) bond motifs is 3. The van der Waals surface area contributed by atoms with E-state index in [9.17, 15) is 0 Å². The number of anilines is 9. The molecule has 0 saturated heterocycles. The van der Waals surface area contributed by atoms with Gasteiger partial charge in [0.25, 0.3) is 0 Å². The number of aromatic nitrogens is 1. The van der Waals surface area contributed by atoms with Crippen molar-refractivity contribution in [2.75, 3.05) is 14.7 Å². The van der Waals surface area contributed by atoms with E-state index in [0.717, 1.165) is 56.9 Å². The van der Waals surface area contributed by atoms with E-state index in [1.165, 1.54) is 21.8 Å². The summed E-state index contributed by atoms with van der Waals surface area (Å²) in [5.41, 5.74) is 13.3. The van der Waals surface area contributed by atoms with Crippen LogP contribution < -0.4 is 14.7 Å². The Hall–Kier alpha value is -7.82. The van der Waals surface area contributed by atoms with E-state index in [4.69, 9.17) is 0 Å². The fourth-order valence-electron chi connectivity index (χ4n) is 8.10. The van der Waals surface area contributed by atoms with Gasteiger partial charge in [0.1, 0.15) is 0 Å². The van der Waals surface area contributed by atoms with Gasteiger partial charge in [-0.25, -0.2) is 0 Å². The molecule has 0 aliphatic carbocycles. The summed E-state index contributed by atoms with van der Waals surface area (Å²) in [6.07, 6.45) is 0. The van der Waals surface area contributed by atoms with Crippen molar-refractivity contribution in [2.45, 2.75) is 0 Å². The first-order chi connectivity index (χ1) is 28.8. The summed E-state index contributed by atoms with van der Waals surface area (Å²) in [5.74, 6) is 0. The zero-order valence-electron chi connectivity index (χ0n) is 31.9. The zero-order chi connectivity index (χ0) is 38.7. The molecule has 0 radical (unpaired) electrons. The molecule has 10 aromatic rings. The van der Waals surface area contributed by atoms with Crippen molar-refractivity contribution in [1.82, 2.24) is 4.57 Å². The molecule has 0 bridgehead atoms. The first kappa shape index (κ1) is 34.7. The number of para-hydroxylation sites is 6. The van der Waals surface area contributed by atoms with E-state index in [1.807, 2.05) is 0 Å². The van der Waals surface area contributed by atoms with Gasteiger partial charge in [0.2, 0.25) is 0 Å². The quantitative estimate of drug-likeness (QED) is 0.139. The molecule has 9 aromatic carbocycles. The summed E-state index contributed by atoms with van der Waals surface area (Å²) < 4.78 is 2.37. The highest BCUT2D eigenvalue weighted by atomic mass is 15.2. The minimum absolute atomic E-state index is 1.06. The van der Waals surface area contributed by atoms with Crippen molar-refractivity contribution >= 4 is 73.0 Å². The molecule has 0 fully saturated rings. The van der Waals surface area contributed by atoms with Crippen LogP contribution in [-0.4, -0.2) is 4.57 Å². The van der Waals surface area contributed by atoms with Crippen LogP contribution in [0.1, 0.15) is 0 Å². The van der Waals surface area contributed by atoms with Gasteiger partial charge in [0, 0.05) is 67.6 Å². The fraction of sp³-hybridized carbons (Fsp3) is 0. The van der Waals surface area contributed by atoms with Gasteiger partial charge in [-0.05, 0) is 133 Å². The number of rotatable bonds is 10. The Balaban J connectivity index is 1.07. The molecule has 0 spiro atoms. The third kappa shape index (κ3) is 6.53. The smallest absolute Gasteiger partial charge is 0.0541 e. The SMILES string of the molecule is c1ccc(N(c2ccccc2)c2ccc(N(c3ccc(N(c4ccccc4)c4ccccc4)cc3)c3ccc(-n4c5ccccc5c5ccccc54)cc3)cc2)cc1. The summed E-state index contributed by atoms with van der Waals surface area (Å²) in [5, 5.41) is 2.51. The molecule has 0 unspecified atom stereocenters. The van der Waals surface area contributed by atoms with E-state index in [1.54, 1.807) is 0 Å². The Morgan fingerprint density at radius 1 is 0.207 bits per heavy atom. The third-order valence-electron chi connectivity index (χ3n) is 10.7. The number of hydrogen-bond acceptors (Lipinski definition) is 3. The van der Waals surface area contributed by atoms with Crippen LogP contribution in [-0.2, 0) is 0 Å². The van der Waals surface area contributed by atoms with Gasteiger partial charge < -0.3 is 19.3 Å². The molecule has 1 heterocycles. The van der Waals surface area contributed by atoms with E-state index in [2.05, 4.69) is 262 Å². The van der Waals surface area contributed by atoms with Gasteiger partial charge in [-0.1, -0.05) is 109 Å². The number of nitrogens with zero attached hydrogens (tertiary/aromatic N) is 4. The van der Waals surface area contributed by atoms with Crippen molar-refractivity contribution in [3.63, 3.8) is 0 Å². The van der Waals surface area contributed by atoms with E-state index in [0.29, 0.717) is 0 Å². The van der Waals surface area contributed by atoms with E-state index >= 15 is 0 Å². The van der Waals surface area contributed by atoms with Gasteiger partial charge in [-0.15, -0.1) is 0 Å². The van der Waals surface area contributed by atoms with Crippen LogP contribution in [0.4, 0.5) is 51.2 Å². The minimum atomic E-state index is 1.06. The van der Waals surface area contributed by atoms with E-state index in [-0.39, 0.29) is 0 Å². The second-order valence-electron chi connectivity index (χ2n) is 14.3. The van der Waals surface area contributed by atoms with Crippen LogP contribution in [0.2, 0.25) is 0 Å². The van der Waals surface area contributed by atoms with Crippen LogP contribution in [0.5, 0.6) is 0 Å². The monoisotopic (exact) mass is 744 g/mol. The predicted molar refractivity (Wildman–Crippen MR) is 245 cm³/mol. The summed E-state index contributed by atoms with van der Waals surface area (Å²) >= 11 is 0. The molecule has 58 heavy (non-hydrogen) atoms. The molecule has 1 aromatic heterocycles. The molecule has 4 nitrogen and oxygen atoms in total. The molecule has 0 aliphatic rings. The number of hydrogen-bond donors (Lipinski definition) is 0. The van der Waals surface area contributed by atoms with Crippen molar-refractivity contribution in [3.8, 4) is 5.69 Å². The lowest BCUT2D eigenvalue weighted by Crippen LogP contribution is -2.13. The van der Waals surface area contributed by atoms with Crippen molar-refractivity contribution in [2.24, 2.45) is 0 Å². The topological polar surface area (TPSA) is 14.7 Å². The van der Waals surface area contributed by atoms with Crippen LogP contribution in [0.15, 0.2) is 243 Å². The summed E-state index contributed by atoms with van der Waals surface area (Å²) in [4.78, 5) is 6.93. The van der Waals surface area contributed by atoms with E-state index < -0.39 is 0 Å². The van der Waals surface area contributed by atoms with Crippen LogP contribution in [0, 0.1) is 0 Å². The van der Waals surface area contributed by atoms with Gasteiger partial charge in [-0.3, -0.25) is 0 Å². The van der Waals surface area contributed by atoms with Crippen LogP contribution in [0.25, 0.3) is 27.5 Å². The maximum Gasteiger partial charge on any atom is 0.0541 e. The summed E-state index contributed by atoms with van der Waals surface area (Å²) in [6, 6.07) is 86.2. The van der Waals surface area contributed by atoms with Gasteiger partial charge in [0.05, 0.1) is 11.0 Å². The largest absolute Gasteiger partial charge is 0.311 e. The molecule has 0 amide bonds. The first-order valence-corrected chi connectivity index (χ1v) is 19.7. The maximum atomic E-state index is 2.37. The van der Waals surface area contributed by atoms with Crippen molar-refractivity contribution in [3.05, 3.63) is 243 Å². The Kier molecular flexibility index (Phi) is 9.18. The first-order valence-electron chi connectivity index (χ1n) is 19.7.